The molecule has 0 saturated carbocycles. The van der Waals surface area contributed by atoms with Crippen LogP contribution in [0, 0.1) is 3.57 Å². The summed E-state index contributed by atoms with van der Waals surface area (Å²) in [6.45, 7) is 0.477. The number of benzene rings is 2. The molecule has 0 aromatic heterocycles. The van der Waals surface area contributed by atoms with Crippen molar-refractivity contribution in [3.63, 3.8) is 0 Å². The van der Waals surface area contributed by atoms with Gasteiger partial charge in [0.25, 0.3) is 0 Å². The molecule has 0 radical (unpaired) electrons. The third-order valence-corrected chi connectivity index (χ3v) is 3.97. The summed E-state index contributed by atoms with van der Waals surface area (Å²) in [5, 5.41) is 0.708. The van der Waals surface area contributed by atoms with Crippen LogP contribution in [0.5, 0.6) is 5.75 Å². The molecule has 0 bridgehead atoms. The van der Waals surface area contributed by atoms with Gasteiger partial charge >= 0.3 is 5.97 Å². The van der Waals surface area contributed by atoms with E-state index < -0.39 is 0 Å². The lowest BCUT2D eigenvalue weighted by Gasteiger charge is -2.09. The summed E-state index contributed by atoms with van der Waals surface area (Å²) in [6, 6.07) is 13.3. The van der Waals surface area contributed by atoms with Crippen LogP contribution in [0.2, 0.25) is 5.02 Å². The van der Waals surface area contributed by atoms with Gasteiger partial charge in [0, 0.05) is 11.1 Å². The van der Waals surface area contributed by atoms with Crippen LogP contribution in [0.3, 0.4) is 0 Å². The number of rotatable bonds is 5. The van der Waals surface area contributed by atoms with Crippen molar-refractivity contribution < 1.29 is 14.3 Å². The highest BCUT2D eigenvalue weighted by Gasteiger charge is 2.03. The molecule has 114 valence electrons. The Morgan fingerprint density at radius 1 is 1.23 bits per heavy atom. The highest BCUT2D eigenvalue weighted by atomic mass is 127. The van der Waals surface area contributed by atoms with E-state index in [0.29, 0.717) is 11.6 Å². The number of carbonyl (C=O) groups excluding carboxylic acids is 1. The predicted molar refractivity (Wildman–Crippen MR) is 96.0 cm³/mol. The molecule has 3 nitrogen and oxygen atoms in total. The van der Waals surface area contributed by atoms with E-state index >= 15 is 0 Å². The molecule has 0 saturated heterocycles. The fourth-order valence-electron chi connectivity index (χ4n) is 1.71. The number of hydrogen-bond acceptors (Lipinski definition) is 3. The van der Waals surface area contributed by atoms with Crippen LogP contribution >= 0.6 is 34.2 Å². The van der Waals surface area contributed by atoms with Crippen molar-refractivity contribution in [2.24, 2.45) is 0 Å². The minimum Gasteiger partial charge on any atom is -0.488 e. The molecule has 5 heteroatoms. The number of hydrogen-bond donors (Lipinski definition) is 0. The van der Waals surface area contributed by atoms with Gasteiger partial charge in [0.2, 0.25) is 0 Å². The van der Waals surface area contributed by atoms with Crippen molar-refractivity contribution in [1.29, 1.82) is 0 Å². The summed E-state index contributed by atoms with van der Waals surface area (Å²) >= 11 is 8.06. The number of carbonyl (C=O) groups is 1. The third kappa shape index (κ3) is 5.03. The molecular weight excluding hydrogens is 415 g/mol. The molecule has 0 heterocycles. The van der Waals surface area contributed by atoms with Gasteiger partial charge in [-0.2, -0.15) is 0 Å². The minimum atomic E-state index is -0.377. The molecule has 0 atom stereocenters. The van der Waals surface area contributed by atoms with Crippen LogP contribution in [0.4, 0.5) is 0 Å². The largest absolute Gasteiger partial charge is 0.488 e. The number of ether oxygens (including phenoxy) is 2. The van der Waals surface area contributed by atoms with E-state index in [-0.39, 0.29) is 5.97 Å². The van der Waals surface area contributed by atoms with E-state index in [1.54, 1.807) is 6.08 Å². The molecule has 22 heavy (non-hydrogen) atoms. The average molecular weight is 429 g/mol. The van der Waals surface area contributed by atoms with Gasteiger partial charge in [-0.05, 0) is 64.1 Å². The summed E-state index contributed by atoms with van der Waals surface area (Å²) in [4.78, 5) is 11.1. The Morgan fingerprint density at radius 2 is 1.95 bits per heavy atom. The van der Waals surface area contributed by atoms with E-state index in [9.17, 15) is 4.79 Å². The van der Waals surface area contributed by atoms with Gasteiger partial charge in [0.15, 0.2) is 0 Å². The Kier molecular flexibility index (Phi) is 6.27. The average Bonchev–Trinajstić information content (AvgIpc) is 2.53. The van der Waals surface area contributed by atoms with E-state index in [0.717, 1.165) is 20.4 Å². The first-order valence-corrected chi connectivity index (χ1v) is 7.97. The molecule has 0 N–H and O–H groups in total. The van der Waals surface area contributed by atoms with Crippen molar-refractivity contribution in [1.82, 2.24) is 0 Å². The quantitative estimate of drug-likeness (QED) is 0.393. The second kappa shape index (κ2) is 8.19. The summed E-state index contributed by atoms with van der Waals surface area (Å²) < 4.78 is 11.3. The molecule has 0 fully saturated rings. The Bertz CT molecular complexity index is 681. The van der Waals surface area contributed by atoms with Crippen LogP contribution in [0.25, 0.3) is 6.08 Å². The number of halogens is 2. The lowest BCUT2D eigenvalue weighted by Crippen LogP contribution is -1.97. The zero-order valence-electron chi connectivity index (χ0n) is 11.9. The molecule has 0 amide bonds. The van der Waals surface area contributed by atoms with Gasteiger partial charge in [-0.3, -0.25) is 0 Å². The Labute approximate surface area is 148 Å². The maximum atomic E-state index is 11.1. The van der Waals surface area contributed by atoms with E-state index in [2.05, 4.69) is 27.3 Å². The van der Waals surface area contributed by atoms with Crippen LogP contribution in [-0.2, 0) is 16.1 Å². The van der Waals surface area contributed by atoms with Gasteiger partial charge in [-0.25, -0.2) is 4.79 Å². The monoisotopic (exact) mass is 428 g/mol. The molecular formula is C17H14ClIO3. The predicted octanol–water partition coefficient (Wildman–Crippen LogP) is 4.71. The first kappa shape index (κ1) is 16.8. The smallest absolute Gasteiger partial charge is 0.330 e. The molecule has 2 aromatic carbocycles. The minimum absolute atomic E-state index is 0.377. The number of esters is 1. The molecule has 0 aliphatic heterocycles. The molecule has 0 spiro atoms. The summed E-state index contributed by atoms with van der Waals surface area (Å²) in [5.74, 6) is 0.420. The Balaban J connectivity index is 2.02. The van der Waals surface area contributed by atoms with Gasteiger partial charge in [-0.1, -0.05) is 29.8 Å². The van der Waals surface area contributed by atoms with Crippen molar-refractivity contribution in [2.45, 2.75) is 6.61 Å². The first-order valence-electron chi connectivity index (χ1n) is 6.51. The Hall–Kier alpha value is -1.53. The summed E-state index contributed by atoms with van der Waals surface area (Å²) in [6.07, 6.45) is 3.09. The SMILES string of the molecule is COC(=O)/C=C/c1ccc(OCc2ccc(Cl)cc2)c(I)c1. The summed E-state index contributed by atoms with van der Waals surface area (Å²) in [5.41, 5.74) is 1.96. The second-order valence-corrected chi connectivity index (χ2v) is 6.06. The van der Waals surface area contributed by atoms with Crippen LogP contribution < -0.4 is 4.74 Å². The highest BCUT2D eigenvalue weighted by molar-refractivity contribution is 14.1. The lowest BCUT2D eigenvalue weighted by atomic mass is 10.2. The van der Waals surface area contributed by atoms with E-state index in [1.807, 2.05) is 42.5 Å². The molecule has 0 aliphatic rings. The molecule has 2 rings (SSSR count). The maximum absolute atomic E-state index is 11.1. The standard InChI is InChI=1S/C17H14ClIO3/c1-21-17(20)9-5-12-4-8-16(15(19)10-12)22-11-13-2-6-14(18)7-3-13/h2-10H,11H2,1H3/b9-5+. The molecule has 2 aromatic rings. The number of methoxy groups -OCH3 is 1. The van der Waals surface area contributed by atoms with Crippen molar-refractivity contribution in [2.75, 3.05) is 7.11 Å². The van der Waals surface area contributed by atoms with Crippen LogP contribution in [-0.4, -0.2) is 13.1 Å². The zero-order chi connectivity index (χ0) is 15.9. The summed E-state index contributed by atoms with van der Waals surface area (Å²) in [7, 11) is 1.35. The van der Waals surface area contributed by atoms with Gasteiger partial charge < -0.3 is 9.47 Å². The van der Waals surface area contributed by atoms with Gasteiger partial charge in [0.05, 0.1) is 10.7 Å². The maximum Gasteiger partial charge on any atom is 0.330 e. The van der Waals surface area contributed by atoms with Crippen molar-refractivity contribution in [3.05, 3.63) is 68.3 Å². The Morgan fingerprint density at radius 3 is 2.59 bits per heavy atom. The zero-order valence-corrected chi connectivity index (χ0v) is 14.8. The normalized spacial score (nSPS) is 10.7. The lowest BCUT2D eigenvalue weighted by molar-refractivity contribution is -0.134. The second-order valence-electron chi connectivity index (χ2n) is 4.46. The van der Waals surface area contributed by atoms with Gasteiger partial charge in [0.1, 0.15) is 12.4 Å². The molecule has 0 unspecified atom stereocenters. The fourth-order valence-corrected chi connectivity index (χ4v) is 2.53. The van der Waals surface area contributed by atoms with Crippen LogP contribution in [0.15, 0.2) is 48.5 Å². The highest BCUT2D eigenvalue weighted by Crippen LogP contribution is 2.24. The fraction of sp³-hybridized carbons (Fsp3) is 0.118. The van der Waals surface area contributed by atoms with Crippen LogP contribution in [0.1, 0.15) is 11.1 Å². The van der Waals surface area contributed by atoms with Crippen molar-refractivity contribution in [3.8, 4) is 5.75 Å². The third-order valence-electron chi connectivity index (χ3n) is 2.88. The van der Waals surface area contributed by atoms with E-state index in [1.165, 1.54) is 13.2 Å². The van der Waals surface area contributed by atoms with E-state index in [4.69, 9.17) is 16.3 Å². The van der Waals surface area contributed by atoms with Gasteiger partial charge in [-0.15, -0.1) is 0 Å². The molecule has 0 aliphatic carbocycles. The topological polar surface area (TPSA) is 35.5 Å². The van der Waals surface area contributed by atoms with Crippen molar-refractivity contribution >= 4 is 46.2 Å². The first-order chi connectivity index (χ1) is 10.6.